The lowest BCUT2D eigenvalue weighted by Gasteiger charge is -2.17. The highest BCUT2D eigenvalue weighted by Crippen LogP contribution is 2.28. The van der Waals surface area contributed by atoms with Gasteiger partial charge in [-0.3, -0.25) is 0 Å². The van der Waals surface area contributed by atoms with Crippen LogP contribution in [0.1, 0.15) is 33.3 Å². The van der Waals surface area contributed by atoms with Crippen molar-refractivity contribution >= 4 is 0 Å². The van der Waals surface area contributed by atoms with E-state index >= 15 is 0 Å². The van der Waals surface area contributed by atoms with Gasteiger partial charge in [-0.2, -0.15) is 0 Å². The van der Waals surface area contributed by atoms with E-state index in [4.69, 9.17) is 9.47 Å². The second-order valence-corrected chi connectivity index (χ2v) is 6.05. The van der Waals surface area contributed by atoms with Gasteiger partial charge in [0.1, 0.15) is 12.7 Å². The Morgan fingerprint density at radius 1 is 1.05 bits per heavy atom. The van der Waals surface area contributed by atoms with Gasteiger partial charge in [-0.15, -0.1) is 0 Å². The lowest BCUT2D eigenvalue weighted by molar-refractivity contribution is 0.103. The molecule has 0 radical (unpaired) electrons. The summed E-state index contributed by atoms with van der Waals surface area (Å²) in [6, 6.07) is 6.63. The molecule has 3 N–H and O–H groups in total. The summed E-state index contributed by atoms with van der Waals surface area (Å²) in [7, 11) is 1.62. The summed E-state index contributed by atoms with van der Waals surface area (Å²) < 4.78 is 11.0. The van der Waals surface area contributed by atoms with Crippen LogP contribution in [0.15, 0.2) is 18.2 Å². The monoisotopic (exact) mass is 310 g/mol. The van der Waals surface area contributed by atoms with E-state index in [1.807, 2.05) is 32.0 Å². The van der Waals surface area contributed by atoms with Crippen LogP contribution in [0.25, 0.3) is 0 Å². The minimum atomic E-state index is -0.551. The summed E-state index contributed by atoms with van der Waals surface area (Å²) >= 11 is 0. The topological polar surface area (TPSA) is 62.8 Å². The Hall–Kier alpha value is -1.30. The fourth-order valence-electron chi connectivity index (χ4n) is 1.88. The van der Waals surface area contributed by atoms with E-state index in [9.17, 15) is 5.11 Å². The number of methoxy groups -OCH3 is 1. The minimum Gasteiger partial charge on any atom is -0.493 e. The molecule has 1 aromatic carbocycles. The van der Waals surface area contributed by atoms with Crippen LogP contribution in [0.2, 0.25) is 0 Å². The van der Waals surface area contributed by atoms with E-state index in [1.54, 1.807) is 7.11 Å². The van der Waals surface area contributed by atoms with Crippen LogP contribution in [-0.4, -0.2) is 43.6 Å². The Balaban J connectivity index is 2.60. The first kappa shape index (κ1) is 18.7. The third kappa shape index (κ3) is 7.11. The predicted molar refractivity (Wildman–Crippen MR) is 89.6 cm³/mol. The van der Waals surface area contributed by atoms with Crippen molar-refractivity contribution < 1.29 is 14.6 Å². The van der Waals surface area contributed by atoms with Gasteiger partial charge in [-0.05, 0) is 17.7 Å². The Labute approximate surface area is 134 Å². The normalized spacial score (nSPS) is 12.7. The molecule has 5 heteroatoms. The lowest BCUT2D eigenvalue weighted by Crippen LogP contribution is -2.35. The van der Waals surface area contributed by atoms with Crippen molar-refractivity contribution in [3.05, 3.63) is 23.8 Å². The molecule has 126 valence electrons. The fourth-order valence-corrected chi connectivity index (χ4v) is 1.88. The molecule has 1 rings (SSSR count). The van der Waals surface area contributed by atoms with E-state index in [0.717, 1.165) is 12.1 Å². The van der Waals surface area contributed by atoms with Crippen molar-refractivity contribution in [1.82, 2.24) is 10.6 Å². The van der Waals surface area contributed by atoms with Gasteiger partial charge in [0.15, 0.2) is 11.5 Å². The summed E-state index contributed by atoms with van der Waals surface area (Å²) in [5.74, 6) is 1.34. The van der Waals surface area contributed by atoms with Gasteiger partial charge in [-0.1, -0.05) is 33.8 Å². The minimum absolute atomic E-state index is 0.233. The molecular formula is C17H30N2O3. The fraction of sp³-hybridized carbons (Fsp3) is 0.647. The summed E-state index contributed by atoms with van der Waals surface area (Å²) in [4.78, 5) is 0. The van der Waals surface area contributed by atoms with Crippen molar-refractivity contribution in [2.75, 3.05) is 20.3 Å². The number of aliphatic hydroxyl groups excluding tert-OH is 1. The molecule has 0 saturated carbocycles. The van der Waals surface area contributed by atoms with Crippen LogP contribution in [-0.2, 0) is 6.54 Å². The zero-order chi connectivity index (χ0) is 16.5. The van der Waals surface area contributed by atoms with Crippen LogP contribution in [0.3, 0.4) is 0 Å². The lowest BCUT2D eigenvalue weighted by atomic mass is 10.2. The molecule has 0 fully saturated rings. The molecule has 5 nitrogen and oxygen atoms in total. The number of benzene rings is 1. The summed E-state index contributed by atoms with van der Waals surface area (Å²) in [6.07, 6.45) is -0.551. The maximum Gasteiger partial charge on any atom is 0.161 e. The van der Waals surface area contributed by atoms with E-state index in [2.05, 4.69) is 24.5 Å². The summed E-state index contributed by atoms with van der Waals surface area (Å²) in [5, 5.41) is 16.5. The quantitative estimate of drug-likeness (QED) is 0.616. The molecule has 0 heterocycles. The van der Waals surface area contributed by atoms with Crippen molar-refractivity contribution in [2.45, 2.75) is 52.4 Å². The van der Waals surface area contributed by atoms with Crippen molar-refractivity contribution in [3.63, 3.8) is 0 Å². The van der Waals surface area contributed by atoms with Crippen LogP contribution >= 0.6 is 0 Å². The van der Waals surface area contributed by atoms with Crippen molar-refractivity contribution in [1.29, 1.82) is 0 Å². The number of nitrogens with one attached hydrogen (secondary N) is 2. The van der Waals surface area contributed by atoms with Gasteiger partial charge in [-0.25, -0.2) is 0 Å². The Kier molecular flexibility index (Phi) is 8.24. The van der Waals surface area contributed by atoms with Gasteiger partial charge < -0.3 is 25.2 Å². The summed E-state index contributed by atoms with van der Waals surface area (Å²) in [6.45, 7) is 9.82. The van der Waals surface area contributed by atoms with Crippen LogP contribution in [0.4, 0.5) is 0 Å². The highest BCUT2D eigenvalue weighted by atomic mass is 16.5. The average molecular weight is 310 g/mol. The van der Waals surface area contributed by atoms with Crippen molar-refractivity contribution in [2.24, 2.45) is 0 Å². The third-order valence-corrected chi connectivity index (χ3v) is 3.14. The molecule has 0 aliphatic carbocycles. The number of ether oxygens (including phenoxy) is 2. The molecule has 0 aliphatic heterocycles. The van der Waals surface area contributed by atoms with Gasteiger partial charge >= 0.3 is 0 Å². The van der Waals surface area contributed by atoms with E-state index < -0.39 is 6.10 Å². The molecule has 1 aromatic rings. The number of aliphatic hydroxyl groups is 1. The first-order chi connectivity index (χ1) is 10.4. The van der Waals surface area contributed by atoms with Gasteiger partial charge in [0.2, 0.25) is 0 Å². The number of hydrogen-bond donors (Lipinski definition) is 3. The molecule has 22 heavy (non-hydrogen) atoms. The second kappa shape index (κ2) is 9.66. The SMILES string of the molecule is COc1ccc(CNC(C)C)cc1OCC(O)CNC(C)C. The predicted octanol–water partition coefficient (Wildman–Crippen LogP) is 1.93. The van der Waals surface area contributed by atoms with E-state index in [1.165, 1.54) is 0 Å². The first-order valence-corrected chi connectivity index (χ1v) is 7.87. The molecule has 1 unspecified atom stereocenters. The molecule has 0 amide bonds. The average Bonchev–Trinajstić information content (AvgIpc) is 2.48. The Morgan fingerprint density at radius 2 is 1.73 bits per heavy atom. The van der Waals surface area contributed by atoms with Crippen LogP contribution in [0.5, 0.6) is 11.5 Å². The Bertz CT molecular complexity index is 436. The van der Waals surface area contributed by atoms with E-state index in [-0.39, 0.29) is 6.61 Å². The first-order valence-electron chi connectivity index (χ1n) is 7.87. The third-order valence-electron chi connectivity index (χ3n) is 3.14. The number of hydrogen-bond acceptors (Lipinski definition) is 5. The largest absolute Gasteiger partial charge is 0.493 e. The number of rotatable bonds is 10. The highest BCUT2D eigenvalue weighted by Gasteiger charge is 2.10. The van der Waals surface area contributed by atoms with Crippen LogP contribution < -0.4 is 20.1 Å². The standard InChI is InChI=1S/C17H30N2O3/c1-12(2)18-9-14-6-7-16(21-5)17(8-14)22-11-15(20)10-19-13(3)4/h6-8,12-13,15,18-20H,9-11H2,1-5H3. The van der Waals surface area contributed by atoms with Gasteiger partial charge in [0.05, 0.1) is 7.11 Å². The molecule has 0 aliphatic rings. The zero-order valence-corrected chi connectivity index (χ0v) is 14.3. The van der Waals surface area contributed by atoms with E-state index in [0.29, 0.717) is 30.1 Å². The van der Waals surface area contributed by atoms with Crippen molar-refractivity contribution in [3.8, 4) is 11.5 Å². The maximum absolute atomic E-state index is 9.93. The summed E-state index contributed by atoms with van der Waals surface area (Å²) in [5.41, 5.74) is 1.12. The molecule has 1 atom stereocenters. The molecule has 0 spiro atoms. The second-order valence-electron chi connectivity index (χ2n) is 6.05. The molecule has 0 bridgehead atoms. The van der Waals surface area contributed by atoms with Gasteiger partial charge in [0.25, 0.3) is 0 Å². The highest BCUT2D eigenvalue weighted by molar-refractivity contribution is 5.43. The molecular weight excluding hydrogens is 280 g/mol. The molecule has 0 saturated heterocycles. The van der Waals surface area contributed by atoms with Crippen LogP contribution in [0, 0.1) is 0 Å². The Morgan fingerprint density at radius 3 is 2.32 bits per heavy atom. The maximum atomic E-state index is 9.93. The van der Waals surface area contributed by atoms with Gasteiger partial charge in [0, 0.05) is 25.2 Å². The smallest absolute Gasteiger partial charge is 0.161 e. The zero-order valence-electron chi connectivity index (χ0n) is 14.3. The molecule has 0 aromatic heterocycles.